The Kier molecular flexibility index (Phi) is 4.86. The van der Waals surface area contributed by atoms with E-state index in [1.54, 1.807) is 0 Å². The van der Waals surface area contributed by atoms with Gasteiger partial charge in [-0.25, -0.2) is 0 Å². The van der Waals surface area contributed by atoms with Crippen LogP contribution in [0.5, 0.6) is 0 Å². The lowest BCUT2D eigenvalue weighted by Crippen LogP contribution is -2.18. The Hall–Kier alpha value is -1.03. The van der Waals surface area contributed by atoms with Crippen molar-refractivity contribution in [3.8, 4) is 0 Å². The summed E-state index contributed by atoms with van der Waals surface area (Å²) in [7, 11) is 1.91. The predicted octanol–water partition coefficient (Wildman–Crippen LogP) is 3.37. The van der Waals surface area contributed by atoms with Gasteiger partial charge in [-0.3, -0.25) is 4.68 Å². The van der Waals surface area contributed by atoms with Gasteiger partial charge in [0.2, 0.25) is 0 Å². The van der Waals surface area contributed by atoms with Crippen molar-refractivity contribution in [3.63, 3.8) is 0 Å². The third kappa shape index (κ3) is 3.72. The molecule has 1 heterocycles. The molecule has 0 aliphatic rings. The number of nitrogens with one attached hydrogen (secondary N) is 1. The van der Waals surface area contributed by atoms with Crippen LogP contribution in [-0.4, -0.2) is 16.3 Å². The van der Waals surface area contributed by atoms with Gasteiger partial charge in [0.25, 0.3) is 0 Å². The minimum atomic E-state index is 0.726. The fraction of sp³-hybridized carbons (Fsp3) is 0.357. The van der Waals surface area contributed by atoms with Crippen molar-refractivity contribution in [3.05, 3.63) is 51.3 Å². The van der Waals surface area contributed by atoms with E-state index < -0.39 is 0 Å². The first-order chi connectivity index (χ1) is 9.08. The van der Waals surface area contributed by atoms with Crippen LogP contribution in [0.3, 0.4) is 0 Å². The number of hydrogen-bond donors (Lipinski definition) is 1. The quantitative estimate of drug-likeness (QED) is 0.858. The Morgan fingerprint density at radius 3 is 2.47 bits per heavy atom. The average Bonchev–Trinajstić information content (AvgIpc) is 2.62. The molecule has 0 atom stereocenters. The highest BCUT2D eigenvalue weighted by molar-refractivity contribution is 6.31. The van der Waals surface area contributed by atoms with Gasteiger partial charge in [0.05, 0.1) is 16.4 Å². The van der Waals surface area contributed by atoms with E-state index in [1.165, 1.54) is 5.56 Å². The molecule has 0 amide bonds. The van der Waals surface area contributed by atoms with Crippen LogP contribution in [0.2, 0.25) is 10.0 Å². The highest BCUT2D eigenvalue weighted by Gasteiger charge is 2.09. The Balaban J connectivity index is 1.82. The van der Waals surface area contributed by atoms with Crippen LogP contribution in [0.4, 0.5) is 0 Å². The molecule has 0 aliphatic heterocycles. The first-order valence-corrected chi connectivity index (χ1v) is 6.96. The van der Waals surface area contributed by atoms with E-state index in [1.807, 2.05) is 42.9 Å². The number of halogens is 2. The molecule has 0 aliphatic carbocycles. The molecule has 0 saturated heterocycles. The summed E-state index contributed by atoms with van der Waals surface area (Å²) in [6, 6.07) is 7.92. The van der Waals surface area contributed by atoms with Crippen LogP contribution >= 0.6 is 23.2 Å². The smallest absolute Gasteiger partial charge is 0.0860 e. The first kappa shape index (κ1) is 14.4. The Labute approximate surface area is 123 Å². The zero-order valence-electron chi connectivity index (χ0n) is 11.1. The zero-order chi connectivity index (χ0) is 13.8. The van der Waals surface area contributed by atoms with E-state index in [4.69, 9.17) is 23.2 Å². The van der Waals surface area contributed by atoms with Crippen molar-refractivity contribution in [1.29, 1.82) is 0 Å². The molecule has 102 valence electrons. The molecule has 0 radical (unpaired) electrons. The van der Waals surface area contributed by atoms with E-state index in [2.05, 4.69) is 10.4 Å². The second kappa shape index (κ2) is 6.42. The van der Waals surface area contributed by atoms with E-state index in [9.17, 15) is 0 Å². The molecule has 3 nitrogen and oxygen atoms in total. The molecule has 5 heteroatoms. The number of rotatable bonds is 5. The topological polar surface area (TPSA) is 29.9 Å². The second-order valence-corrected chi connectivity index (χ2v) is 5.34. The molecule has 0 bridgehead atoms. The monoisotopic (exact) mass is 297 g/mol. The highest BCUT2D eigenvalue weighted by Crippen LogP contribution is 2.18. The summed E-state index contributed by atoms with van der Waals surface area (Å²) >= 11 is 12.0. The largest absolute Gasteiger partial charge is 0.311 e. The predicted molar refractivity (Wildman–Crippen MR) is 79.8 cm³/mol. The van der Waals surface area contributed by atoms with Gasteiger partial charge in [0, 0.05) is 18.6 Å². The molecule has 0 unspecified atom stereocenters. The van der Waals surface area contributed by atoms with Crippen LogP contribution in [0, 0.1) is 6.92 Å². The molecule has 2 aromatic rings. The third-order valence-corrected chi connectivity index (χ3v) is 3.80. The van der Waals surface area contributed by atoms with Crippen molar-refractivity contribution in [2.45, 2.75) is 19.9 Å². The van der Waals surface area contributed by atoms with E-state index in [0.717, 1.165) is 40.9 Å². The van der Waals surface area contributed by atoms with Crippen LogP contribution < -0.4 is 5.32 Å². The van der Waals surface area contributed by atoms with E-state index >= 15 is 0 Å². The summed E-state index contributed by atoms with van der Waals surface area (Å²) < 4.78 is 1.83. The maximum Gasteiger partial charge on any atom is 0.0860 e. The third-order valence-electron chi connectivity index (χ3n) is 3.06. The number of nitrogens with zero attached hydrogens (tertiary/aromatic N) is 2. The fourth-order valence-corrected chi connectivity index (χ4v) is 2.32. The van der Waals surface area contributed by atoms with Gasteiger partial charge < -0.3 is 5.32 Å². The summed E-state index contributed by atoms with van der Waals surface area (Å²) in [5, 5.41) is 9.19. The average molecular weight is 298 g/mol. The summed E-state index contributed by atoms with van der Waals surface area (Å²) in [5.74, 6) is 0. The summed E-state index contributed by atoms with van der Waals surface area (Å²) in [6.45, 7) is 3.53. The van der Waals surface area contributed by atoms with Crippen LogP contribution in [0.1, 0.15) is 17.0 Å². The van der Waals surface area contributed by atoms with Gasteiger partial charge in [-0.05, 0) is 37.6 Å². The summed E-state index contributed by atoms with van der Waals surface area (Å²) in [5.41, 5.74) is 3.16. The standard InChI is InChI=1S/C14H17Cl2N3/c1-10-14(16)13(19(2)18-10)9-17-8-7-11-3-5-12(15)6-4-11/h3-6,17H,7-9H2,1-2H3. The minimum absolute atomic E-state index is 0.726. The molecule has 1 aromatic heterocycles. The molecule has 2 rings (SSSR count). The van der Waals surface area contributed by atoms with Gasteiger partial charge in [0.15, 0.2) is 0 Å². The van der Waals surface area contributed by atoms with Crippen LogP contribution in [0.15, 0.2) is 24.3 Å². The number of aryl methyl sites for hydroxylation is 2. The molecule has 1 aromatic carbocycles. The number of hydrogen-bond acceptors (Lipinski definition) is 2. The highest BCUT2D eigenvalue weighted by atomic mass is 35.5. The summed E-state index contributed by atoms with van der Waals surface area (Å²) in [4.78, 5) is 0. The SMILES string of the molecule is Cc1nn(C)c(CNCCc2ccc(Cl)cc2)c1Cl. The van der Waals surface area contributed by atoms with Crippen molar-refractivity contribution in [2.75, 3.05) is 6.54 Å². The molecule has 19 heavy (non-hydrogen) atoms. The van der Waals surface area contributed by atoms with Crippen molar-refractivity contribution < 1.29 is 0 Å². The molecule has 0 saturated carbocycles. The normalized spacial score (nSPS) is 10.9. The van der Waals surface area contributed by atoms with Crippen LogP contribution in [-0.2, 0) is 20.0 Å². The zero-order valence-corrected chi connectivity index (χ0v) is 12.6. The molecule has 1 N–H and O–H groups in total. The molecule has 0 fully saturated rings. The van der Waals surface area contributed by atoms with E-state index in [0.29, 0.717) is 0 Å². The fourth-order valence-electron chi connectivity index (χ4n) is 1.96. The van der Waals surface area contributed by atoms with Gasteiger partial charge in [-0.15, -0.1) is 0 Å². The lowest BCUT2D eigenvalue weighted by molar-refractivity contribution is 0.624. The van der Waals surface area contributed by atoms with E-state index in [-0.39, 0.29) is 0 Å². The minimum Gasteiger partial charge on any atom is -0.311 e. The molecule has 0 spiro atoms. The Morgan fingerprint density at radius 2 is 1.89 bits per heavy atom. The van der Waals surface area contributed by atoms with Crippen molar-refractivity contribution in [2.24, 2.45) is 7.05 Å². The number of benzene rings is 1. The lowest BCUT2D eigenvalue weighted by Gasteiger charge is -2.06. The first-order valence-electron chi connectivity index (χ1n) is 6.21. The lowest BCUT2D eigenvalue weighted by atomic mass is 10.1. The van der Waals surface area contributed by atoms with Crippen molar-refractivity contribution >= 4 is 23.2 Å². The van der Waals surface area contributed by atoms with Crippen molar-refractivity contribution in [1.82, 2.24) is 15.1 Å². The number of aromatic nitrogens is 2. The second-order valence-electron chi connectivity index (χ2n) is 4.52. The summed E-state index contributed by atoms with van der Waals surface area (Å²) in [6.07, 6.45) is 0.964. The van der Waals surface area contributed by atoms with Gasteiger partial charge in [-0.1, -0.05) is 35.3 Å². The maximum absolute atomic E-state index is 6.19. The maximum atomic E-state index is 6.19. The van der Waals surface area contributed by atoms with Gasteiger partial charge in [-0.2, -0.15) is 5.10 Å². The van der Waals surface area contributed by atoms with Crippen LogP contribution in [0.25, 0.3) is 0 Å². The Morgan fingerprint density at radius 1 is 1.21 bits per heavy atom. The molecular formula is C14H17Cl2N3. The molecular weight excluding hydrogens is 281 g/mol. The van der Waals surface area contributed by atoms with Gasteiger partial charge in [0.1, 0.15) is 0 Å². The Bertz CT molecular complexity index is 547. The van der Waals surface area contributed by atoms with Gasteiger partial charge >= 0.3 is 0 Å².